The molecule has 3 nitrogen and oxygen atoms in total. The molecule has 17 heavy (non-hydrogen) atoms. The molecule has 1 saturated heterocycles. The van der Waals surface area contributed by atoms with E-state index < -0.39 is 0 Å². The molecule has 0 radical (unpaired) electrons. The summed E-state index contributed by atoms with van der Waals surface area (Å²) < 4.78 is 7.72. The molecule has 0 aliphatic carbocycles. The van der Waals surface area contributed by atoms with Crippen LogP contribution in [-0.2, 0) is 17.8 Å². The summed E-state index contributed by atoms with van der Waals surface area (Å²) in [6.07, 6.45) is 5.86. The van der Waals surface area contributed by atoms with E-state index in [0.29, 0.717) is 0 Å². The highest BCUT2D eigenvalue weighted by Crippen LogP contribution is 2.15. The van der Waals surface area contributed by atoms with Gasteiger partial charge in [-0.1, -0.05) is 6.92 Å². The van der Waals surface area contributed by atoms with Crippen LogP contribution in [0.4, 0.5) is 0 Å². The van der Waals surface area contributed by atoms with E-state index in [2.05, 4.69) is 35.1 Å². The van der Waals surface area contributed by atoms with Gasteiger partial charge < -0.3 is 14.6 Å². The van der Waals surface area contributed by atoms with Crippen molar-refractivity contribution < 1.29 is 4.74 Å². The Morgan fingerprint density at radius 1 is 1.53 bits per heavy atom. The van der Waals surface area contributed by atoms with Gasteiger partial charge in [-0.15, -0.1) is 0 Å². The number of aryl methyl sites for hydroxylation is 1. The normalized spacial score (nSPS) is 19.9. The summed E-state index contributed by atoms with van der Waals surface area (Å²) in [5.74, 6) is 0.782. The molecule has 1 aliphatic rings. The van der Waals surface area contributed by atoms with E-state index in [-0.39, 0.29) is 0 Å². The monoisotopic (exact) mass is 236 g/mol. The van der Waals surface area contributed by atoms with E-state index in [9.17, 15) is 0 Å². The van der Waals surface area contributed by atoms with E-state index in [4.69, 9.17) is 4.74 Å². The van der Waals surface area contributed by atoms with E-state index in [1.807, 2.05) is 0 Å². The van der Waals surface area contributed by atoms with Crippen molar-refractivity contribution in [2.45, 2.75) is 39.3 Å². The van der Waals surface area contributed by atoms with Gasteiger partial charge in [0, 0.05) is 38.2 Å². The Hall–Kier alpha value is -0.800. The van der Waals surface area contributed by atoms with Crippen LogP contribution in [0.2, 0.25) is 0 Å². The second-order valence-electron chi connectivity index (χ2n) is 4.89. The number of nitrogens with zero attached hydrogens (tertiary/aromatic N) is 1. The summed E-state index contributed by atoms with van der Waals surface area (Å²) in [4.78, 5) is 0. The predicted octanol–water partition coefficient (Wildman–Crippen LogP) is 2.41. The molecule has 1 unspecified atom stereocenters. The first kappa shape index (κ1) is 12.7. The third-order valence-corrected chi connectivity index (χ3v) is 3.45. The first-order chi connectivity index (χ1) is 8.40. The average Bonchev–Trinajstić information content (AvgIpc) is 2.96. The summed E-state index contributed by atoms with van der Waals surface area (Å²) in [5, 5.41) is 3.54. The molecule has 96 valence electrons. The molecule has 1 aromatic rings. The standard InChI is InChI=1S/C14H24N2O/c1-2-8-16-9-3-4-14(16)11-15-7-5-13-6-10-17-12-13/h3-4,9,13,15H,2,5-8,10-12H2,1H3. The lowest BCUT2D eigenvalue weighted by Gasteiger charge is -2.11. The minimum atomic E-state index is 0.782. The molecule has 1 aliphatic heterocycles. The Kier molecular flexibility index (Phi) is 5.08. The van der Waals surface area contributed by atoms with Crippen molar-refractivity contribution in [1.82, 2.24) is 9.88 Å². The van der Waals surface area contributed by atoms with Gasteiger partial charge in [0.2, 0.25) is 0 Å². The summed E-state index contributed by atoms with van der Waals surface area (Å²) in [7, 11) is 0. The quantitative estimate of drug-likeness (QED) is 0.736. The van der Waals surface area contributed by atoms with Gasteiger partial charge in [-0.05, 0) is 43.9 Å². The molecule has 0 saturated carbocycles. The number of ether oxygens (including phenoxy) is 1. The van der Waals surface area contributed by atoms with E-state index in [1.54, 1.807) is 0 Å². The highest BCUT2D eigenvalue weighted by Gasteiger charge is 2.14. The summed E-state index contributed by atoms with van der Waals surface area (Å²) >= 11 is 0. The van der Waals surface area contributed by atoms with Gasteiger partial charge in [-0.25, -0.2) is 0 Å². The zero-order valence-corrected chi connectivity index (χ0v) is 10.8. The van der Waals surface area contributed by atoms with Crippen LogP contribution in [0.15, 0.2) is 18.3 Å². The Balaban J connectivity index is 1.65. The minimum absolute atomic E-state index is 0.782. The van der Waals surface area contributed by atoms with Crippen LogP contribution < -0.4 is 5.32 Å². The number of hydrogen-bond donors (Lipinski definition) is 1. The minimum Gasteiger partial charge on any atom is -0.381 e. The van der Waals surface area contributed by atoms with Crippen molar-refractivity contribution >= 4 is 0 Å². The molecule has 0 aromatic carbocycles. The second kappa shape index (κ2) is 6.82. The highest BCUT2D eigenvalue weighted by atomic mass is 16.5. The maximum Gasteiger partial charge on any atom is 0.0495 e. The fraction of sp³-hybridized carbons (Fsp3) is 0.714. The molecule has 1 N–H and O–H groups in total. The van der Waals surface area contributed by atoms with Crippen LogP contribution in [0.3, 0.4) is 0 Å². The first-order valence-electron chi connectivity index (χ1n) is 6.82. The molecular weight excluding hydrogens is 212 g/mol. The lowest BCUT2D eigenvalue weighted by atomic mass is 10.1. The molecule has 0 bridgehead atoms. The lowest BCUT2D eigenvalue weighted by molar-refractivity contribution is 0.184. The van der Waals surface area contributed by atoms with Crippen molar-refractivity contribution in [2.24, 2.45) is 5.92 Å². The summed E-state index contributed by atoms with van der Waals surface area (Å²) in [6.45, 7) is 7.36. The van der Waals surface area contributed by atoms with Gasteiger partial charge in [-0.3, -0.25) is 0 Å². The zero-order chi connectivity index (χ0) is 11.9. The summed E-state index contributed by atoms with van der Waals surface area (Å²) in [6, 6.07) is 4.35. The lowest BCUT2D eigenvalue weighted by Crippen LogP contribution is -2.19. The van der Waals surface area contributed by atoms with Crippen molar-refractivity contribution in [3.63, 3.8) is 0 Å². The average molecular weight is 236 g/mol. The van der Waals surface area contributed by atoms with E-state index in [0.717, 1.165) is 38.8 Å². The van der Waals surface area contributed by atoms with E-state index in [1.165, 1.54) is 25.0 Å². The van der Waals surface area contributed by atoms with Crippen molar-refractivity contribution in [3.8, 4) is 0 Å². The molecule has 1 fully saturated rings. The van der Waals surface area contributed by atoms with Gasteiger partial charge >= 0.3 is 0 Å². The molecule has 2 heterocycles. The predicted molar refractivity (Wildman–Crippen MR) is 70.0 cm³/mol. The van der Waals surface area contributed by atoms with Crippen LogP contribution in [0.5, 0.6) is 0 Å². The van der Waals surface area contributed by atoms with Crippen molar-refractivity contribution in [3.05, 3.63) is 24.0 Å². The molecule has 0 amide bonds. The Labute approximate surface area is 104 Å². The van der Waals surface area contributed by atoms with Crippen LogP contribution in [0, 0.1) is 5.92 Å². The number of hydrogen-bond acceptors (Lipinski definition) is 2. The van der Waals surface area contributed by atoms with Gasteiger partial charge in [0.25, 0.3) is 0 Å². The Morgan fingerprint density at radius 2 is 2.47 bits per heavy atom. The molecule has 2 rings (SSSR count). The molecule has 1 aromatic heterocycles. The number of nitrogens with one attached hydrogen (secondary N) is 1. The Morgan fingerprint density at radius 3 is 3.24 bits per heavy atom. The fourth-order valence-electron chi connectivity index (χ4n) is 2.40. The SMILES string of the molecule is CCCn1cccc1CNCCC1CCOC1. The van der Waals surface area contributed by atoms with E-state index >= 15 is 0 Å². The van der Waals surface area contributed by atoms with Crippen LogP contribution in [0.1, 0.15) is 31.9 Å². The maximum absolute atomic E-state index is 5.38. The van der Waals surface area contributed by atoms with Gasteiger partial charge in [0.05, 0.1) is 0 Å². The topological polar surface area (TPSA) is 26.2 Å². The smallest absolute Gasteiger partial charge is 0.0495 e. The Bertz CT molecular complexity index is 316. The van der Waals surface area contributed by atoms with Crippen molar-refractivity contribution in [1.29, 1.82) is 0 Å². The first-order valence-corrected chi connectivity index (χ1v) is 6.82. The maximum atomic E-state index is 5.38. The fourth-order valence-corrected chi connectivity index (χ4v) is 2.40. The van der Waals surface area contributed by atoms with Gasteiger partial charge in [0.1, 0.15) is 0 Å². The van der Waals surface area contributed by atoms with Gasteiger partial charge in [0.15, 0.2) is 0 Å². The van der Waals surface area contributed by atoms with Crippen LogP contribution >= 0.6 is 0 Å². The number of rotatable bonds is 7. The van der Waals surface area contributed by atoms with Crippen LogP contribution in [0.25, 0.3) is 0 Å². The summed E-state index contributed by atoms with van der Waals surface area (Å²) in [5.41, 5.74) is 1.40. The number of aromatic nitrogens is 1. The highest BCUT2D eigenvalue weighted by molar-refractivity contribution is 5.06. The van der Waals surface area contributed by atoms with Crippen LogP contribution in [-0.4, -0.2) is 24.3 Å². The molecular formula is C14H24N2O. The van der Waals surface area contributed by atoms with Crippen molar-refractivity contribution in [2.75, 3.05) is 19.8 Å². The molecule has 3 heteroatoms. The van der Waals surface area contributed by atoms with Gasteiger partial charge in [-0.2, -0.15) is 0 Å². The third-order valence-electron chi connectivity index (χ3n) is 3.45. The second-order valence-corrected chi connectivity index (χ2v) is 4.89. The largest absolute Gasteiger partial charge is 0.381 e. The molecule has 1 atom stereocenters. The zero-order valence-electron chi connectivity index (χ0n) is 10.8. The molecule has 0 spiro atoms. The third kappa shape index (κ3) is 3.86.